The highest BCUT2D eigenvalue weighted by atomic mass is 16.3. The van der Waals surface area contributed by atoms with E-state index in [1.165, 1.54) is 5.39 Å². The van der Waals surface area contributed by atoms with E-state index in [4.69, 9.17) is 5.73 Å². The Balaban J connectivity index is 2.46. The van der Waals surface area contributed by atoms with Gasteiger partial charge >= 0.3 is 0 Å². The Morgan fingerprint density at radius 3 is 2.25 bits per heavy atom. The molecule has 0 saturated heterocycles. The molecule has 0 aliphatic carbocycles. The molecule has 1 atom stereocenters. The molecular weight excluding hydrogens is 246 g/mol. The van der Waals surface area contributed by atoms with Gasteiger partial charge in [0.2, 0.25) is 0 Å². The Bertz CT molecular complexity index is 553. The van der Waals surface area contributed by atoms with Gasteiger partial charge in [0.1, 0.15) is 0 Å². The van der Waals surface area contributed by atoms with Gasteiger partial charge in [-0.3, -0.25) is 0 Å². The lowest BCUT2D eigenvalue weighted by Gasteiger charge is -2.34. The molecule has 0 radical (unpaired) electrons. The zero-order chi connectivity index (χ0) is 14.6. The van der Waals surface area contributed by atoms with Gasteiger partial charge in [0.05, 0.1) is 11.6 Å². The summed E-state index contributed by atoms with van der Waals surface area (Å²) in [5, 5.41) is 13.3. The summed E-state index contributed by atoms with van der Waals surface area (Å²) >= 11 is 0. The van der Waals surface area contributed by atoms with Gasteiger partial charge in [-0.05, 0) is 29.2 Å². The molecule has 0 aliphatic heterocycles. The molecule has 0 bridgehead atoms. The fourth-order valence-corrected chi connectivity index (χ4v) is 3.11. The topological polar surface area (TPSA) is 46.2 Å². The van der Waals surface area contributed by atoms with Crippen LogP contribution in [0.4, 0.5) is 0 Å². The van der Waals surface area contributed by atoms with Gasteiger partial charge < -0.3 is 10.8 Å². The second kappa shape index (κ2) is 6.38. The van der Waals surface area contributed by atoms with Crippen molar-refractivity contribution in [1.82, 2.24) is 0 Å². The predicted molar refractivity (Wildman–Crippen MR) is 85.6 cm³/mol. The maximum Gasteiger partial charge on any atom is 0.0839 e. The fraction of sp³-hybridized carbons (Fsp3) is 0.444. The molecule has 0 amide bonds. The second-order valence-corrected chi connectivity index (χ2v) is 5.65. The van der Waals surface area contributed by atoms with E-state index in [2.05, 4.69) is 32.0 Å². The number of hydrogen-bond donors (Lipinski definition) is 2. The minimum absolute atomic E-state index is 0.339. The van der Waals surface area contributed by atoms with Crippen molar-refractivity contribution < 1.29 is 5.11 Å². The molecule has 2 heteroatoms. The second-order valence-electron chi connectivity index (χ2n) is 5.65. The van der Waals surface area contributed by atoms with E-state index in [0.717, 1.165) is 36.6 Å². The highest BCUT2D eigenvalue weighted by Crippen LogP contribution is 2.35. The summed E-state index contributed by atoms with van der Waals surface area (Å²) in [6.45, 7) is 4.19. The zero-order valence-corrected chi connectivity index (χ0v) is 12.5. The summed E-state index contributed by atoms with van der Waals surface area (Å²) in [5.41, 5.74) is 6.70. The van der Waals surface area contributed by atoms with Gasteiger partial charge in [-0.2, -0.15) is 0 Å². The number of nitrogens with two attached hydrogens (primary N) is 1. The van der Waals surface area contributed by atoms with Gasteiger partial charge in [0.15, 0.2) is 0 Å². The lowest BCUT2D eigenvalue weighted by molar-refractivity contribution is -0.00416. The first kappa shape index (κ1) is 15.0. The SMILES string of the molecule is CCCC(O)(CCC)C(N)c1cccc2ccccc12. The van der Waals surface area contributed by atoms with E-state index >= 15 is 0 Å². The van der Waals surface area contributed by atoms with E-state index in [9.17, 15) is 5.11 Å². The summed E-state index contributed by atoms with van der Waals surface area (Å²) in [5.74, 6) is 0. The average molecular weight is 271 g/mol. The highest BCUT2D eigenvalue weighted by Gasteiger charge is 2.34. The van der Waals surface area contributed by atoms with Crippen LogP contribution in [0.15, 0.2) is 42.5 Å². The third-order valence-electron chi connectivity index (χ3n) is 4.10. The van der Waals surface area contributed by atoms with Crippen LogP contribution in [-0.2, 0) is 0 Å². The van der Waals surface area contributed by atoms with E-state index in [0.29, 0.717) is 0 Å². The summed E-state index contributed by atoms with van der Waals surface area (Å²) in [4.78, 5) is 0. The number of benzene rings is 2. The van der Waals surface area contributed by atoms with Crippen molar-refractivity contribution in [3.63, 3.8) is 0 Å². The van der Waals surface area contributed by atoms with Crippen LogP contribution in [-0.4, -0.2) is 10.7 Å². The molecule has 2 nitrogen and oxygen atoms in total. The zero-order valence-electron chi connectivity index (χ0n) is 12.5. The minimum atomic E-state index is -0.812. The first-order chi connectivity index (χ1) is 9.62. The minimum Gasteiger partial charge on any atom is -0.388 e. The van der Waals surface area contributed by atoms with Crippen LogP contribution >= 0.6 is 0 Å². The Kier molecular flexibility index (Phi) is 4.79. The van der Waals surface area contributed by atoms with Gasteiger partial charge in [-0.1, -0.05) is 69.2 Å². The van der Waals surface area contributed by atoms with Crippen LogP contribution in [0.5, 0.6) is 0 Å². The highest BCUT2D eigenvalue weighted by molar-refractivity contribution is 5.86. The molecule has 0 heterocycles. The summed E-state index contributed by atoms with van der Waals surface area (Å²) in [7, 11) is 0. The normalized spacial score (nSPS) is 13.6. The van der Waals surface area contributed by atoms with Crippen molar-refractivity contribution in [2.75, 3.05) is 0 Å². The molecule has 3 N–H and O–H groups in total. The Hall–Kier alpha value is -1.38. The lowest BCUT2D eigenvalue weighted by Crippen LogP contribution is -2.41. The van der Waals surface area contributed by atoms with Gasteiger partial charge in [0.25, 0.3) is 0 Å². The molecule has 0 fully saturated rings. The predicted octanol–water partition coefficient (Wildman–Crippen LogP) is 4.17. The van der Waals surface area contributed by atoms with Gasteiger partial charge in [0, 0.05) is 0 Å². The molecule has 2 aromatic rings. The smallest absolute Gasteiger partial charge is 0.0839 e. The van der Waals surface area contributed by atoms with Crippen molar-refractivity contribution in [2.24, 2.45) is 5.73 Å². The Morgan fingerprint density at radius 1 is 1.00 bits per heavy atom. The number of aliphatic hydroxyl groups is 1. The first-order valence-electron chi connectivity index (χ1n) is 7.58. The summed E-state index contributed by atoms with van der Waals surface area (Å²) in [6.07, 6.45) is 3.36. The summed E-state index contributed by atoms with van der Waals surface area (Å²) < 4.78 is 0. The fourth-order valence-electron chi connectivity index (χ4n) is 3.11. The maximum atomic E-state index is 11.0. The standard InChI is InChI=1S/C18H25NO/c1-3-12-18(20,13-4-2)17(19)16-11-7-9-14-8-5-6-10-15(14)16/h5-11,17,20H,3-4,12-13,19H2,1-2H3. The van der Waals surface area contributed by atoms with Crippen LogP contribution in [0, 0.1) is 0 Å². The Labute approximate surface area is 121 Å². The molecule has 0 aliphatic rings. The van der Waals surface area contributed by atoms with Crippen LogP contribution < -0.4 is 5.73 Å². The van der Waals surface area contributed by atoms with Crippen LogP contribution in [0.2, 0.25) is 0 Å². The monoisotopic (exact) mass is 271 g/mol. The molecule has 0 spiro atoms. The Morgan fingerprint density at radius 2 is 1.60 bits per heavy atom. The molecule has 2 rings (SSSR count). The molecular formula is C18H25NO. The van der Waals surface area contributed by atoms with Crippen LogP contribution in [0.25, 0.3) is 10.8 Å². The molecule has 20 heavy (non-hydrogen) atoms. The van der Waals surface area contributed by atoms with Gasteiger partial charge in [-0.25, -0.2) is 0 Å². The molecule has 0 aromatic heterocycles. The van der Waals surface area contributed by atoms with E-state index in [1.807, 2.05) is 24.3 Å². The first-order valence-corrected chi connectivity index (χ1v) is 7.58. The quantitative estimate of drug-likeness (QED) is 0.828. The third kappa shape index (κ3) is 2.87. The van der Waals surface area contributed by atoms with Crippen molar-refractivity contribution in [3.8, 4) is 0 Å². The molecule has 0 saturated carbocycles. The molecule has 1 unspecified atom stereocenters. The van der Waals surface area contributed by atoms with Gasteiger partial charge in [-0.15, -0.1) is 0 Å². The van der Waals surface area contributed by atoms with Crippen LogP contribution in [0.1, 0.15) is 51.1 Å². The number of rotatable bonds is 6. The number of fused-ring (bicyclic) bond motifs is 1. The van der Waals surface area contributed by atoms with Crippen molar-refractivity contribution in [2.45, 2.75) is 51.2 Å². The molecule has 108 valence electrons. The largest absolute Gasteiger partial charge is 0.388 e. The van der Waals surface area contributed by atoms with E-state index in [1.54, 1.807) is 0 Å². The van der Waals surface area contributed by atoms with Crippen molar-refractivity contribution >= 4 is 10.8 Å². The van der Waals surface area contributed by atoms with Crippen LogP contribution in [0.3, 0.4) is 0 Å². The van der Waals surface area contributed by atoms with E-state index in [-0.39, 0.29) is 6.04 Å². The lowest BCUT2D eigenvalue weighted by atomic mass is 9.80. The maximum absolute atomic E-state index is 11.0. The van der Waals surface area contributed by atoms with Crippen molar-refractivity contribution in [1.29, 1.82) is 0 Å². The van der Waals surface area contributed by atoms with Crippen molar-refractivity contribution in [3.05, 3.63) is 48.0 Å². The average Bonchev–Trinajstić information content (AvgIpc) is 2.46. The summed E-state index contributed by atoms with van der Waals surface area (Å²) in [6, 6.07) is 14.0. The molecule has 2 aromatic carbocycles. The third-order valence-corrected chi connectivity index (χ3v) is 4.10. The number of hydrogen-bond acceptors (Lipinski definition) is 2. The van der Waals surface area contributed by atoms with E-state index < -0.39 is 5.60 Å².